The molecule has 0 saturated heterocycles. The molecule has 0 fully saturated rings. The number of rotatable bonds is 11. The number of hydrogen-bond acceptors (Lipinski definition) is 3. The highest BCUT2D eigenvalue weighted by Crippen LogP contribution is 2.23. The molecule has 1 aromatic rings. The van der Waals surface area contributed by atoms with E-state index in [2.05, 4.69) is 31.0 Å². The summed E-state index contributed by atoms with van der Waals surface area (Å²) in [5, 5.41) is 4.25. The van der Waals surface area contributed by atoms with Gasteiger partial charge in [0.05, 0.1) is 6.61 Å². The molecule has 4 heteroatoms. The quantitative estimate of drug-likeness (QED) is 0.626. The van der Waals surface area contributed by atoms with Crippen LogP contribution in [0.25, 0.3) is 0 Å². The van der Waals surface area contributed by atoms with E-state index in [0.717, 1.165) is 68.5 Å². The predicted molar refractivity (Wildman–Crippen MR) is 91.3 cm³/mol. The zero-order valence-corrected chi connectivity index (χ0v) is 14.4. The van der Waals surface area contributed by atoms with Crippen LogP contribution in [-0.4, -0.2) is 37.7 Å². The van der Waals surface area contributed by atoms with Crippen LogP contribution in [-0.2, 0) is 6.54 Å². The summed E-state index contributed by atoms with van der Waals surface area (Å²) in [4.78, 5) is 2.44. The minimum Gasteiger partial charge on any atom is -0.493 e. The third-order valence-corrected chi connectivity index (χ3v) is 3.76. The molecule has 0 aromatic heterocycles. The van der Waals surface area contributed by atoms with Crippen LogP contribution >= 0.6 is 11.6 Å². The number of nitrogens with zero attached hydrogens (tertiary/aromatic N) is 1. The van der Waals surface area contributed by atoms with Crippen molar-refractivity contribution in [2.75, 3.05) is 32.8 Å². The van der Waals surface area contributed by atoms with E-state index in [-0.39, 0.29) is 0 Å². The molecule has 0 bridgehead atoms. The highest BCUT2D eigenvalue weighted by atomic mass is 35.5. The highest BCUT2D eigenvalue weighted by Gasteiger charge is 2.05. The predicted octanol–water partition coefficient (Wildman–Crippen LogP) is 3.95. The van der Waals surface area contributed by atoms with Crippen LogP contribution in [0.15, 0.2) is 18.2 Å². The normalized spacial score (nSPS) is 11.1. The third kappa shape index (κ3) is 7.16. The molecule has 120 valence electrons. The van der Waals surface area contributed by atoms with Crippen molar-refractivity contribution < 1.29 is 4.74 Å². The van der Waals surface area contributed by atoms with E-state index in [1.807, 2.05) is 18.2 Å². The Labute approximate surface area is 134 Å². The van der Waals surface area contributed by atoms with Gasteiger partial charge in [-0.25, -0.2) is 0 Å². The minimum atomic E-state index is 0.747. The zero-order valence-electron chi connectivity index (χ0n) is 13.6. The van der Waals surface area contributed by atoms with E-state index in [1.165, 1.54) is 0 Å². The maximum Gasteiger partial charge on any atom is 0.123 e. The standard InChI is InChI=1S/C17H29ClN2O/c1-4-12-21-17-9-8-16(18)13-15(17)14-19-10-7-11-20(5-2)6-3/h8-9,13,19H,4-7,10-12,14H2,1-3H3. The van der Waals surface area contributed by atoms with Gasteiger partial charge < -0.3 is 15.0 Å². The maximum absolute atomic E-state index is 6.08. The molecule has 0 aliphatic heterocycles. The first kappa shape index (κ1) is 18.3. The first-order chi connectivity index (χ1) is 10.2. The summed E-state index contributed by atoms with van der Waals surface area (Å²) in [6, 6.07) is 5.84. The lowest BCUT2D eigenvalue weighted by Crippen LogP contribution is -2.27. The fourth-order valence-corrected chi connectivity index (χ4v) is 2.42. The summed E-state index contributed by atoms with van der Waals surface area (Å²) in [6.07, 6.45) is 2.17. The van der Waals surface area contributed by atoms with E-state index in [4.69, 9.17) is 16.3 Å². The number of halogens is 1. The summed E-state index contributed by atoms with van der Waals surface area (Å²) in [5.74, 6) is 0.942. The lowest BCUT2D eigenvalue weighted by atomic mass is 10.2. The van der Waals surface area contributed by atoms with Gasteiger partial charge in [-0.1, -0.05) is 32.4 Å². The summed E-state index contributed by atoms with van der Waals surface area (Å²) >= 11 is 6.08. The molecule has 1 rings (SSSR count). The molecule has 0 amide bonds. The van der Waals surface area contributed by atoms with Crippen molar-refractivity contribution in [3.8, 4) is 5.75 Å². The summed E-state index contributed by atoms with van der Waals surface area (Å²) in [6.45, 7) is 12.5. The van der Waals surface area contributed by atoms with Crippen LogP contribution in [0.1, 0.15) is 39.2 Å². The highest BCUT2D eigenvalue weighted by molar-refractivity contribution is 6.30. The van der Waals surface area contributed by atoms with Crippen LogP contribution in [0.2, 0.25) is 5.02 Å². The first-order valence-corrected chi connectivity index (χ1v) is 8.43. The fourth-order valence-electron chi connectivity index (χ4n) is 2.23. The number of nitrogens with one attached hydrogen (secondary N) is 1. The molecule has 0 spiro atoms. The van der Waals surface area contributed by atoms with Crippen molar-refractivity contribution in [3.63, 3.8) is 0 Å². The van der Waals surface area contributed by atoms with Crippen LogP contribution in [0.5, 0.6) is 5.75 Å². The summed E-state index contributed by atoms with van der Waals surface area (Å²) in [7, 11) is 0. The minimum absolute atomic E-state index is 0.747. The van der Waals surface area contributed by atoms with Gasteiger partial charge in [-0.15, -0.1) is 0 Å². The SMILES string of the molecule is CCCOc1ccc(Cl)cc1CNCCCN(CC)CC. The second-order valence-electron chi connectivity index (χ2n) is 5.16. The molecule has 21 heavy (non-hydrogen) atoms. The third-order valence-electron chi connectivity index (χ3n) is 3.52. The number of benzene rings is 1. The first-order valence-electron chi connectivity index (χ1n) is 8.05. The Morgan fingerprint density at radius 2 is 1.95 bits per heavy atom. The van der Waals surface area contributed by atoms with Crippen LogP contribution in [0.3, 0.4) is 0 Å². The van der Waals surface area contributed by atoms with Crippen LogP contribution < -0.4 is 10.1 Å². The molecule has 0 atom stereocenters. The molecule has 1 aromatic carbocycles. The van der Waals surface area contributed by atoms with E-state index < -0.39 is 0 Å². The molecule has 1 N–H and O–H groups in total. The summed E-state index contributed by atoms with van der Waals surface area (Å²) in [5.41, 5.74) is 1.14. The molecule has 0 heterocycles. The zero-order chi connectivity index (χ0) is 15.5. The van der Waals surface area contributed by atoms with E-state index in [0.29, 0.717) is 0 Å². The monoisotopic (exact) mass is 312 g/mol. The largest absolute Gasteiger partial charge is 0.493 e. The molecule has 0 radical (unpaired) electrons. The average molecular weight is 313 g/mol. The van der Waals surface area contributed by atoms with Crippen molar-refractivity contribution in [3.05, 3.63) is 28.8 Å². The second kappa shape index (κ2) is 10.9. The fraction of sp³-hybridized carbons (Fsp3) is 0.647. The Balaban J connectivity index is 2.38. The van der Waals surface area contributed by atoms with Gasteiger partial charge in [-0.2, -0.15) is 0 Å². The van der Waals surface area contributed by atoms with E-state index in [1.54, 1.807) is 0 Å². The number of ether oxygens (including phenoxy) is 1. The van der Waals surface area contributed by atoms with Gasteiger partial charge in [0.2, 0.25) is 0 Å². The lowest BCUT2D eigenvalue weighted by molar-refractivity contribution is 0.297. The Morgan fingerprint density at radius 3 is 2.62 bits per heavy atom. The molecule has 0 aliphatic carbocycles. The molecular weight excluding hydrogens is 284 g/mol. The van der Waals surface area contributed by atoms with E-state index in [9.17, 15) is 0 Å². The van der Waals surface area contributed by atoms with Crippen molar-refractivity contribution in [2.24, 2.45) is 0 Å². The van der Waals surface area contributed by atoms with Gasteiger partial charge in [-0.05, 0) is 57.2 Å². The van der Waals surface area contributed by atoms with Gasteiger partial charge in [0.1, 0.15) is 5.75 Å². The Hall–Kier alpha value is -0.770. The van der Waals surface area contributed by atoms with Crippen molar-refractivity contribution in [2.45, 2.75) is 40.2 Å². The average Bonchev–Trinajstić information content (AvgIpc) is 2.50. The van der Waals surface area contributed by atoms with Gasteiger partial charge in [-0.3, -0.25) is 0 Å². The van der Waals surface area contributed by atoms with Crippen molar-refractivity contribution in [1.82, 2.24) is 10.2 Å². The van der Waals surface area contributed by atoms with Gasteiger partial charge in [0, 0.05) is 17.1 Å². The Bertz CT molecular complexity index is 394. The van der Waals surface area contributed by atoms with E-state index >= 15 is 0 Å². The molecular formula is C17H29ClN2O. The smallest absolute Gasteiger partial charge is 0.123 e. The molecule has 0 saturated carbocycles. The molecule has 3 nitrogen and oxygen atoms in total. The van der Waals surface area contributed by atoms with Gasteiger partial charge >= 0.3 is 0 Å². The maximum atomic E-state index is 6.08. The lowest BCUT2D eigenvalue weighted by Gasteiger charge is -2.18. The Morgan fingerprint density at radius 1 is 1.19 bits per heavy atom. The van der Waals surface area contributed by atoms with Crippen molar-refractivity contribution >= 4 is 11.6 Å². The van der Waals surface area contributed by atoms with Crippen LogP contribution in [0, 0.1) is 0 Å². The molecule has 0 aliphatic rings. The van der Waals surface area contributed by atoms with Gasteiger partial charge in [0.15, 0.2) is 0 Å². The van der Waals surface area contributed by atoms with Crippen LogP contribution in [0.4, 0.5) is 0 Å². The molecule has 0 unspecified atom stereocenters. The second-order valence-corrected chi connectivity index (χ2v) is 5.59. The Kier molecular flexibility index (Phi) is 9.48. The number of hydrogen-bond donors (Lipinski definition) is 1. The summed E-state index contributed by atoms with van der Waals surface area (Å²) < 4.78 is 5.76. The topological polar surface area (TPSA) is 24.5 Å². The van der Waals surface area contributed by atoms with Crippen molar-refractivity contribution in [1.29, 1.82) is 0 Å². The van der Waals surface area contributed by atoms with Gasteiger partial charge in [0.25, 0.3) is 0 Å².